The summed E-state index contributed by atoms with van der Waals surface area (Å²) >= 11 is 0. The molecule has 0 aliphatic carbocycles. The Hall–Kier alpha value is -4.32. The monoisotopic (exact) mass is 472 g/mol. The number of aromatic amines is 1. The van der Waals surface area contributed by atoms with Crippen LogP contribution in [0, 0.1) is 0 Å². The minimum absolute atomic E-state index is 0.336. The molecule has 12 nitrogen and oxygen atoms in total. The number of methoxy groups -OCH3 is 4. The van der Waals surface area contributed by atoms with Crippen LogP contribution in [0.15, 0.2) is 30.3 Å². The Morgan fingerprint density at radius 1 is 0.941 bits per heavy atom. The molecule has 34 heavy (non-hydrogen) atoms. The molecule has 1 atom stereocenters. The second-order valence-corrected chi connectivity index (χ2v) is 7.13. The van der Waals surface area contributed by atoms with Gasteiger partial charge in [-0.05, 0) is 30.3 Å². The van der Waals surface area contributed by atoms with E-state index in [1.807, 2.05) is 0 Å². The molecule has 0 saturated heterocycles. The number of amides is 1. The number of aliphatic carboxylic acids is 1. The number of anilines is 1. The van der Waals surface area contributed by atoms with Gasteiger partial charge in [0.1, 0.15) is 23.6 Å². The molecule has 1 heterocycles. The van der Waals surface area contributed by atoms with Gasteiger partial charge < -0.3 is 35.1 Å². The van der Waals surface area contributed by atoms with Crippen LogP contribution in [-0.4, -0.2) is 66.9 Å². The van der Waals surface area contributed by atoms with E-state index >= 15 is 0 Å². The number of hydrogen-bond donors (Lipinski definition) is 4. The Balaban J connectivity index is 2.02. The number of H-pyrrole nitrogens is 1. The third kappa shape index (κ3) is 5.02. The largest absolute Gasteiger partial charge is 0.495 e. The predicted molar refractivity (Wildman–Crippen MR) is 121 cm³/mol. The van der Waals surface area contributed by atoms with E-state index in [1.54, 1.807) is 30.3 Å². The van der Waals surface area contributed by atoms with Crippen molar-refractivity contribution in [1.82, 2.24) is 15.4 Å². The summed E-state index contributed by atoms with van der Waals surface area (Å²) in [5, 5.41) is 22.8. The van der Waals surface area contributed by atoms with Gasteiger partial charge in [0.05, 0.1) is 34.1 Å². The summed E-state index contributed by atoms with van der Waals surface area (Å²) in [7, 11) is 6.01. The van der Waals surface area contributed by atoms with Crippen molar-refractivity contribution < 1.29 is 39.4 Å². The minimum atomic E-state index is -1.12. The van der Waals surface area contributed by atoms with Gasteiger partial charge in [0.15, 0.2) is 17.5 Å². The van der Waals surface area contributed by atoms with E-state index in [2.05, 4.69) is 26.5 Å². The Morgan fingerprint density at radius 2 is 1.53 bits per heavy atom. The number of nitrogens with one attached hydrogen (secondary N) is 2. The fourth-order valence-electron chi connectivity index (χ4n) is 3.34. The smallest absolute Gasteiger partial charge is 0.309 e. The van der Waals surface area contributed by atoms with Gasteiger partial charge in [-0.15, -0.1) is 0 Å². The molecule has 0 aliphatic heterocycles. The molecule has 1 amide bonds. The Kier molecular flexibility index (Phi) is 7.53. The first kappa shape index (κ1) is 24.3. The average molecular weight is 472 g/mol. The number of carbonyl (C=O) groups is 2. The lowest BCUT2D eigenvalue weighted by Gasteiger charge is -2.14. The molecule has 12 heteroatoms. The van der Waals surface area contributed by atoms with Crippen molar-refractivity contribution in [2.24, 2.45) is 0 Å². The average Bonchev–Trinajstić information content (AvgIpc) is 3.32. The lowest BCUT2D eigenvalue weighted by atomic mass is 10.0. The van der Waals surface area contributed by atoms with Crippen LogP contribution in [0.2, 0.25) is 0 Å². The molecule has 3 aromatic rings. The molecule has 0 aliphatic rings. The summed E-state index contributed by atoms with van der Waals surface area (Å²) in [6, 6.07) is 7.58. The van der Waals surface area contributed by atoms with Crippen molar-refractivity contribution in [3.8, 4) is 45.5 Å². The van der Waals surface area contributed by atoms with Crippen molar-refractivity contribution in [2.45, 2.75) is 12.5 Å². The molecular formula is C22H26N5O7+. The SMILES string of the molecule is COc1ccc(-c2n[nH]nc2-c2cc(OC)c(OC)c(OC)c2)cc1NC(=O)C([NH3+])CC(=O)O. The Morgan fingerprint density at radius 3 is 2.06 bits per heavy atom. The third-order valence-corrected chi connectivity index (χ3v) is 5.01. The maximum Gasteiger partial charge on any atom is 0.309 e. The first-order valence-electron chi connectivity index (χ1n) is 10.1. The zero-order chi connectivity index (χ0) is 24.8. The Bertz CT molecular complexity index is 1170. The highest BCUT2D eigenvalue weighted by Gasteiger charge is 2.23. The summed E-state index contributed by atoms with van der Waals surface area (Å²) in [6.45, 7) is 0. The van der Waals surface area contributed by atoms with Crippen LogP contribution < -0.4 is 30.0 Å². The van der Waals surface area contributed by atoms with Gasteiger partial charge in [0, 0.05) is 11.1 Å². The van der Waals surface area contributed by atoms with Crippen LogP contribution in [0.3, 0.4) is 0 Å². The van der Waals surface area contributed by atoms with E-state index in [0.717, 1.165) is 0 Å². The fraction of sp³-hybridized carbons (Fsp3) is 0.273. The topological polar surface area (TPSA) is 173 Å². The molecule has 1 unspecified atom stereocenters. The first-order chi connectivity index (χ1) is 16.3. The first-order valence-corrected chi connectivity index (χ1v) is 10.1. The molecule has 0 spiro atoms. The normalized spacial score (nSPS) is 11.4. The van der Waals surface area contributed by atoms with Crippen LogP contribution in [0.5, 0.6) is 23.0 Å². The second-order valence-electron chi connectivity index (χ2n) is 7.13. The van der Waals surface area contributed by atoms with Crippen LogP contribution in [-0.2, 0) is 9.59 Å². The van der Waals surface area contributed by atoms with Gasteiger partial charge in [0.25, 0.3) is 5.91 Å². The van der Waals surface area contributed by atoms with E-state index in [0.29, 0.717) is 51.2 Å². The predicted octanol–water partition coefficient (Wildman–Crippen LogP) is 1.20. The summed E-state index contributed by atoms with van der Waals surface area (Å²) in [5.41, 5.74) is 6.21. The molecule has 1 aromatic heterocycles. The highest BCUT2D eigenvalue weighted by Crippen LogP contribution is 2.42. The number of aromatic nitrogens is 3. The van der Waals surface area contributed by atoms with Crippen LogP contribution in [0.25, 0.3) is 22.5 Å². The standard InChI is InChI=1S/C22H25N5O7/c1-31-15-6-5-11(7-14(15)24-22(30)13(23)10-18(28)29)19-20(26-27-25-19)12-8-16(32-2)21(34-4)17(9-12)33-3/h5-9,13H,10,23H2,1-4H3,(H,24,30)(H,28,29)(H,25,26,27)/p+1. The number of hydrogen-bond acceptors (Lipinski definition) is 8. The number of rotatable bonds is 10. The number of benzene rings is 2. The van der Waals surface area contributed by atoms with E-state index in [-0.39, 0.29) is 0 Å². The molecule has 3 rings (SSSR count). The van der Waals surface area contributed by atoms with Crippen molar-refractivity contribution in [3.63, 3.8) is 0 Å². The molecule has 180 valence electrons. The molecule has 2 aromatic carbocycles. The molecular weight excluding hydrogens is 446 g/mol. The third-order valence-electron chi connectivity index (χ3n) is 5.01. The van der Waals surface area contributed by atoms with E-state index in [1.165, 1.54) is 28.4 Å². The summed E-state index contributed by atoms with van der Waals surface area (Å²) in [4.78, 5) is 23.4. The minimum Gasteiger partial charge on any atom is -0.495 e. The van der Waals surface area contributed by atoms with Crippen molar-refractivity contribution >= 4 is 17.6 Å². The number of quaternary nitrogens is 1. The van der Waals surface area contributed by atoms with Gasteiger partial charge in [-0.1, -0.05) is 0 Å². The highest BCUT2D eigenvalue weighted by molar-refractivity contribution is 5.97. The molecule has 0 saturated carbocycles. The van der Waals surface area contributed by atoms with Crippen molar-refractivity contribution in [3.05, 3.63) is 30.3 Å². The Labute approximate surface area is 195 Å². The molecule has 0 fully saturated rings. The van der Waals surface area contributed by atoms with E-state index in [4.69, 9.17) is 24.1 Å². The lowest BCUT2D eigenvalue weighted by Crippen LogP contribution is -2.66. The van der Waals surface area contributed by atoms with Crippen LogP contribution in [0.4, 0.5) is 5.69 Å². The van der Waals surface area contributed by atoms with Gasteiger partial charge in [-0.25, -0.2) is 0 Å². The zero-order valence-corrected chi connectivity index (χ0v) is 19.2. The number of ether oxygens (including phenoxy) is 4. The number of nitrogens with zero attached hydrogens (tertiary/aromatic N) is 2. The van der Waals surface area contributed by atoms with Crippen molar-refractivity contribution in [2.75, 3.05) is 33.8 Å². The number of carbonyl (C=O) groups excluding carboxylic acids is 1. The molecule has 6 N–H and O–H groups in total. The van der Waals surface area contributed by atoms with Gasteiger partial charge in [-0.3, -0.25) is 9.59 Å². The van der Waals surface area contributed by atoms with Crippen molar-refractivity contribution in [1.29, 1.82) is 0 Å². The second kappa shape index (κ2) is 10.5. The summed E-state index contributed by atoms with van der Waals surface area (Å²) in [5.74, 6) is 0.0629. The van der Waals surface area contributed by atoms with Crippen LogP contribution in [0.1, 0.15) is 6.42 Å². The number of carboxylic acid groups (broad SMARTS) is 1. The van der Waals surface area contributed by atoms with Crippen LogP contribution >= 0.6 is 0 Å². The quantitative estimate of drug-likeness (QED) is 0.338. The highest BCUT2D eigenvalue weighted by atomic mass is 16.5. The zero-order valence-electron chi connectivity index (χ0n) is 19.2. The van der Waals surface area contributed by atoms with E-state index in [9.17, 15) is 9.59 Å². The van der Waals surface area contributed by atoms with Gasteiger partial charge in [-0.2, -0.15) is 15.4 Å². The summed E-state index contributed by atoms with van der Waals surface area (Å²) < 4.78 is 21.6. The fourth-order valence-corrected chi connectivity index (χ4v) is 3.34. The maximum atomic E-state index is 12.4. The number of carboxylic acids is 1. The van der Waals surface area contributed by atoms with Gasteiger partial charge in [0.2, 0.25) is 5.75 Å². The van der Waals surface area contributed by atoms with Gasteiger partial charge >= 0.3 is 5.97 Å². The lowest BCUT2D eigenvalue weighted by molar-refractivity contribution is -0.401. The molecule has 0 bridgehead atoms. The summed E-state index contributed by atoms with van der Waals surface area (Å²) in [6.07, 6.45) is -0.400. The maximum absolute atomic E-state index is 12.4. The van der Waals surface area contributed by atoms with E-state index < -0.39 is 24.3 Å². The molecule has 0 radical (unpaired) electrons.